The molecule has 0 radical (unpaired) electrons. The molecule has 0 bridgehead atoms. The van der Waals surface area contributed by atoms with Crippen LogP contribution in [-0.4, -0.2) is 13.9 Å². The summed E-state index contributed by atoms with van der Waals surface area (Å²) < 4.78 is 23.2. The molecule has 0 amide bonds. The molecule has 5 nitrogen and oxygen atoms in total. The molecule has 1 aliphatic rings. The van der Waals surface area contributed by atoms with Crippen LogP contribution in [-0.2, 0) is 13.2 Å². The van der Waals surface area contributed by atoms with Crippen molar-refractivity contribution in [1.82, 2.24) is 0 Å². The Morgan fingerprint density at radius 1 is 1.00 bits per heavy atom. The Morgan fingerprint density at radius 2 is 1.83 bits per heavy atom. The van der Waals surface area contributed by atoms with Crippen molar-refractivity contribution in [2.24, 2.45) is 0 Å². The molecule has 29 heavy (non-hydrogen) atoms. The molecule has 1 aliphatic heterocycles. The lowest BCUT2D eigenvalue weighted by atomic mass is 10.2. The van der Waals surface area contributed by atoms with Gasteiger partial charge < -0.3 is 24.3 Å². The number of halogens is 2. The molecule has 0 fully saturated rings. The first-order chi connectivity index (χ1) is 14.1. The fourth-order valence-corrected chi connectivity index (χ4v) is 3.61. The van der Waals surface area contributed by atoms with Gasteiger partial charge in [-0.25, -0.2) is 0 Å². The predicted octanol–water partition coefficient (Wildman–Crippen LogP) is 6.03. The van der Waals surface area contributed by atoms with Crippen LogP contribution in [0.25, 0.3) is 0 Å². The van der Waals surface area contributed by atoms with Crippen LogP contribution >= 0.6 is 27.5 Å². The van der Waals surface area contributed by atoms with Gasteiger partial charge in [0.05, 0.1) is 7.11 Å². The molecule has 150 valence electrons. The minimum atomic E-state index is 0.261. The number of benzene rings is 3. The molecule has 7 heteroatoms. The normalized spacial score (nSPS) is 12.0. The second-order valence-corrected chi connectivity index (χ2v) is 7.66. The molecule has 0 saturated carbocycles. The highest BCUT2D eigenvalue weighted by Crippen LogP contribution is 2.36. The summed E-state index contributed by atoms with van der Waals surface area (Å²) in [6.45, 7) is 1.22. The molecule has 0 saturated heterocycles. The van der Waals surface area contributed by atoms with Crippen LogP contribution in [0.15, 0.2) is 59.1 Å². The van der Waals surface area contributed by atoms with Crippen molar-refractivity contribution in [2.45, 2.75) is 13.2 Å². The molecule has 4 rings (SSSR count). The molecule has 3 aromatic rings. The Morgan fingerprint density at radius 3 is 2.66 bits per heavy atom. The number of nitrogens with one attached hydrogen (secondary N) is 1. The summed E-state index contributed by atoms with van der Waals surface area (Å²) >= 11 is 9.84. The Hall–Kier alpha value is -2.57. The SMILES string of the molecule is COc1cc(CNc2ccc3c(c2)OCO3)c(Br)cc1OCc1ccccc1Cl. The average molecular weight is 477 g/mol. The highest BCUT2D eigenvalue weighted by atomic mass is 79.9. The summed E-state index contributed by atoms with van der Waals surface area (Å²) in [5, 5.41) is 4.06. The van der Waals surface area contributed by atoms with E-state index in [1.165, 1.54) is 0 Å². The maximum Gasteiger partial charge on any atom is 0.231 e. The van der Waals surface area contributed by atoms with Crippen LogP contribution in [0.2, 0.25) is 5.02 Å². The molecule has 3 aromatic carbocycles. The van der Waals surface area contributed by atoms with Crippen LogP contribution in [0.5, 0.6) is 23.0 Å². The summed E-state index contributed by atoms with van der Waals surface area (Å²) in [4.78, 5) is 0. The van der Waals surface area contributed by atoms with Crippen molar-refractivity contribution >= 4 is 33.2 Å². The van der Waals surface area contributed by atoms with Gasteiger partial charge in [-0.2, -0.15) is 0 Å². The van der Waals surface area contributed by atoms with Crippen molar-refractivity contribution in [2.75, 3.05) is 19.2 Å². The van der Waals surface area contributed by atoms with Gasteiger partial charge in [0.15, 0.2) is 23.0 Å². The number of rotatable bonds is 7. The van der Waals surface area contributed by atoms with E-state index in [2.05, 4.69) is 21.2 Å². The van der Waals surface area contributed by atoms with E-state index < -0.39 is 0 Å². The smallest absolute Gasteiger partial charge is 0.231 e. The van der Waals surface area contributed by atoms with Crippen molar-refractivity contribution in [3.8, 4) is 23.0 Å². The van der Waals surface area contributed by atoms with Gasteiger partial charge in [-0.15, -0.1) is 0 Å². The summed E-state index contributed by atoms with van der Waals surface area (Å²) in [5.41, 5.74) is 2.89. The highest BCUT2D eigenvalue weighted by Gasteiger charge is 2.14. The van der Waals surface area contributed by atoms with E-state index in [9.17, 15) is 0 Å². The second kappa shape index (κ2) is 8.84. The number of methoxy groups -OCH3 is 1. The summed E-state index contributed by atoms with van der Waals surface area (Å²) in [6.07, 6.45) is 0. The maximum atomic E-state index is 6.21. The zero-order valence-electron chi connectivity index (χ0n) is 15.7. The van der Waals surface area contributed by atoms with Gasteiger partial charge in [0.2, 0.25) is 6.79 Å². The van der Waals surface area contributed by atoms with E-state index in [1.54, 1.807) is 7.11 Å². The Bertz CT molecular complexity index is 1030. The van der Waals surface area contributed by atoms with Crippen LogP contribution < -0.4 is 24.3 Å². The molecular formula is C22H19BrClNO4. The lowest BCUT2D eigenvalue weighted by molar-refractivity contribution is 0.174. The number of hydrogen-bond donors (Lipinski definition) is 1. The lowest BCUT2D eigenvalue weighted by Gasteiger charge is -2.15. The quantitative estimate of drug-likeness (QED) is 0.451. The van der Waals surface area contributed by atoms with Crippen molar-refractivity contribution < 1.29 is 18.9 Å². The first-order valence-electron chi connectivity index (χ1n) is 9.00. The predicted molar refractivity (Wildman–Crippen MR) is 116 cm³/mol. The van der Waals surface area contributed by atoms with Gasteiger partial charge >= 0.3 is 0 Å². The standard InChI is InChI=1S/C22H19BrClNO4/c1-26-20-8-15(11-25-16-6-7-19-21(9-16)29-13-28-19)17(23)10-22(20)27-12-14-4-2-3-5-18(14)24/h2-10,25H,11-13H2,1H3. The largest absolute Gasteiger partial charge is 0.493 e. The number of ether oxygens (including phenoxy) is 4. The third-order valence-corrected chi connectivity index (χ3v) is 5.64. The summed E-state index contributed by atoms with van der Waals surface area (Å²) in [5.74, 6) is 2.81. The van der Waals surface area contributed by atoms with Crippen LogP contribution in [0.4, 0.5) is 5.69 Å². The zero-order chi connectivity index (χ0) is 20.2. The average Bonchev–Trinajstić information content (AvgIpc) is 3.20. The van der Waals surface area contributed by atoms with Crippen molar-refractivity contribution in [3.05, 3.63) is 75.2 Å². The molecular weight excluding hydrogens is 458 g/mol. The Labute approximate surface area is 182 Å². The van der Waals surface area contributed by atoms with Gasteiger partial charge in [-0.05, 0) is 35.9 Å². The fraction of sp³-hybridized carbons (Fsp3) is 0.182. The minimum Gasteiger partial charge on any atom is -0.493 e. The summed E-state index contributed by atoms with van der Waals surface area (Å²) in [6, 6.07) is 17.2. The first-order valence-corrected chi connectivity index (χ1v) is 10.2. The molecule has 1 N–H and O–H groups in total. The second-order valence-electron chi connectivity index (χ2n) is 6.40. The van der Waals surface area contributed by atoms with E-state index in [1.807, 2.05) is 54.6 Å². The van der Waals surface area contributed by atoms with Gasteiger partial charge in [0.25, 0.3) is 0 Å². The zero-order valence-corrected chi connectivity index (χ0v) is 18.0. The number of fused-ring (bicyclic) bond motifs is 1. The van der Waals surface area contributed by atoms with Gasteiger partial charge in [-0.1, -0.05) is 45.7 Å². The number of hydrogen-bond acceptors (Lipinski definition) is 5. The topological polar surface area (TPSA) is 49.0 Å². The van der Waals surface area contributed by atoms with Gasteiger partial charge in [0.1, 0.15) is 6.61 Å². The van der Waals surface area contributed by atoms with E-state index in [0.29, 0.717) is 29.7 Å². The molecule has 0 aromatic heterocycles. The van der Waals surface area contributed by atoms with E-state index >= 15 is 0 Å². The van der Waals surface area contributed by atoms with Crippen LogP contribution in [0, 0.1) is 0 Å². The molecule has 0 unspecified atom stereocenters. The molecule has 0 spiro atoms. The minimum absolute atomic E-state index is 0.261. The fourth-order valence-electron chi connectivity index (χ4n) is 2.96. The van der Waals surface area contributed by atoms with Crippen molar-refractivity contribution in [3.63, 3.8) is 0 Å². The number of anilines is 1. The monoisotopic (exact) mass is 475 g/mol. The first kappa shape index (κ1) is 19.7. The maximum absolute atomic E-state index is 6.21. The van der Waals surface area contributed by atoms with Crippen molar-refractivity contribution in [1.29, 1.82) is 0 Å². The van der Waals surface area contributed by atoms with E-state index in [0.717, 1.165) is 32.8 Å². The van der Waals surface area contributed by atoms with E-state index in [-0.39, 0.29) is 6.79 Å². The molecule has 1 heterocycles. The third-order valence-electron chi connectivity index (χ3n) is 4.53. The summed E-state index contributed by atoms with van der Waals surface area (Å²) in [7, 11) is 1.63. The Balaban J connectivity index is 1.46. The lowest BCUT2D eigenvalue weighted by Crippen LogP contribution is -2.03. The van der Waals surface area contributed by atoms with Gasteiger partial charge in [-0.3, -0.25) is 0 Å². The van der Waals surface area contributed by atoms with E-state index in [4.69, 9.17) is 30.5 Å². The third kappa shape index (κ3) is 4.54. The van der Waals surface area contributed by atoms with Crippen LogP contribution in [0.3, 0.4) is 0 Å². The van der Waals surface area contributed by atoms with Gasteiger partial charge in [0, 0.05) is 33.4 Å². The van der Waals surface area contributed by atoms with Crippen LogP contribution in [0.1, 0.15) is 11.1 Å². The molecule has 0 atom stereocenters. The molecule has 0 aliphatic carbocycles. The Kier molecular flexibility index (Phi) is 6.02. The highest BCUT2D eigenvalue weighted by molar-refractivity contribution is 9.10.